The molecule has 102 valence electrons. The van der Waals surface area contributed by atoms with Crippen LogP contribution in [-0.2, 0) is 0 Å². The highest BCUT2D eigenvalue weighted by molar-refractivity contribution is 5.44. The van der Waals surface area contributed by atoms with E-state index in [1.165, 1.54) is 7.11 Å². The van der Waals surface area contributed by atoms with E-state index in [0.717, 1.165) is 6.26 Å². The lowest BCUT2D eigenvalue weighted by atomic mass is 10.1. The fourth-order valence-electron chi connectivity index (χ4n) is 1.66. The number of benzene rings is 1. The predicted octanol–water partition coefficient (Wildman–Crippen LogP) is 1.72. The molecule has 1 atom stereocenters. The van der Waals surface area contributed by atoms with Crippen molar-refractivity contribution < 1.29 is 23.4 Å². The molecule has 0 aliphatic carbocycles. The smallest absolute Gasteiger partial charge is 0.493 e. The van der Waals surface area contributed by atoms with Crippen molar-refractivity contribution >= 4 is 0 Å². The van der Waals surface area contributed by atoms with Crippen molar-refractivity contribution in [3.63, 3.8) is 0 Å². The van der Waals surface area contributed by atoms with Gasteiger partial charge in [0.2, 0.25) is 0 Å². The van der Waals surface area contributed by atoms with Crippen LogP contribution in [0.4, 0.5) is 0 Å². The maximum absolute atomic E-state index is 10.8. The molecule has 2 rings (SSSR count). The summed E-state index contributed by atoms with van der Waals surface area (Å²) in [5.74, 6) is 0.252. The first-order chi connectivity index (χ1) is 9.15. The van der Waals surface area contributed by atoms with E-state index in [-0.39, 0.29) is 5.76 Å². The Morgan fingerprint density at radius 1 is 1.37 bits per heavy atom. The minimum atomic E-state index is -1.10. The summed E-state index contributed by atoms with van der Waals surface area (Å²) in [6.07, 6.45) is -0.0216. The van der Waals surface area contributed by atoms with Crippen molar-refractivity contribution in [2.24, 2.45) is 0 Å². The van der Waals surface area contributed by atoms with Gasteiger partial charge in [-0.3, -0.25) is 0 Å². The minimum absolute atomic E-state index is 0.0382. The summed E-state index contributed by atoms with van der Waals surface area (Å²) < 4.78 is 19.7. The fraction of sp³-hybridized carbons (Fsp3) is 0.308. The third-order valence-electron chi connectivity index (χ3n) is 2.55. The molecule has 1 aromatic heterocycles. The Labute approximate surface area is 109 Å². The summed E-state index contributed by atoms with van der Waals surface area (Å²) in [4.78, 5) is 10.8. The molecular weight excluding hydrogens is 252 g/mol. The van der Waals surface area contributed by atoms with Crippen LogP contribution in [0.1, 0.15) is 24.4 Å². The van der Waals surface area contributed by atoms with E-state index in [1.807, 2.05) is 6.92 Å². The lowest BCUT2D eigenvalue weighted by Crippen LogP contribution is -2.01. The second kappa shape index (κ2) is 5.62. The van der Waals surface area contributed by atoms with Crippen molar-refractivity contribution in [2.75, 3.05) is 13.7 Å². The third-order valence-corrected chi connectivity index (χ3v) is 2.55. The van der Waals surface area contributed by atoms with Crippen LogP contribution >= 0.6 is 0 Å². The van der Waals surface area contributed by atoms with Gasteiger partial charge in [0.05, 0.1) is 13.7 Å². The molecule has 0 radical (unpaired) electrons. The van der Waals surface area contributed by atoms with E-state index < -0.39 is 11.9 Å². The van der Waals surface area contributed by atoms with Gasteiger partial charge in [-0.05, 0) is 24.6 Å². The summed E-state index contributed by atoms with van der Waals surface area (Å²) in [6.45, 7) is 2.37. The molecule has 6 heteroatoms. The van der Waals surface area contributed by atoms with Gasteiger partial charge in [0.25, 0.3) is 0 Å². The standard InChI is InChI=1S/C13H14O6/c1-3-17-9-5-4-8(6-10(9)16-2)12(14)11-7-18-13(15)19-11/h4-7,12,14H,3H2,1-2H3. The molecule has 0 aliphatic heterocycles. The highest BCUT2D eigenvalue weighted by Crippen LogP contribution is 2.32. The Hall–Kier alpha value is -2.21. The van der Waals surface area contributed by atoms with Gasteiger partial charge in [0.1, 0.15) is 12.4 Å². The molecule has 1 heterocycles. The van der Waals surface area contributed by atoms with Crippen LogP contribution in [0.3, 0.4) is 0 Å². The number of aliphatic hydroxyl groups excluding tert-OH is 1. The van der Waals surface area contributed by atoms with Crippen LogP contribution in [0, 0.1) is 0 Å². The molecule has 6 nitrogen and oxygen atoms in total. The molecular formula is C13H14O6. The van der Waals surface area contributed by atoms with Crippen LogP contribution in [0.15, 0.2) is 38.1 Å². The van der Waals surface area contributed by atoms with E-state index in [1.54, 1.807) is 18.2 Å². The summed E-state index contributed by atoms with van der Waals surface area (Å²) >= 11 is 0. The Morgan fingerprint density at radius 2 is 2.16 bits per heavy atom. The summed E-state index contributed by atoms with van der Waals surface area (Å²) in [7, 11) is 1.51. The molecule has 0 fully saturated rings. The lowest BCUT2D eigenvalue weighted by Gasteiger charge is -2.12. The average molecular weight is 266 g/mol. The number of rotatable bonds is 5. The predicted molar refractivity (Wildman–Crippen MR) is 65.5 cm³/mol. The van der Waals surface area contributed by atoms with E-state index >= 15 is 0 Å². The van der Waals surface area contributed by atoms with Crippen molar-refractivity contribution in [3.8, 4) is 11.5 Å². The number of methoxy groups -OCH3 is 1. The molecule has 19 heavy (non-hydrogen) atoms. The van der Waals surface area contributed by atoms with Crippen molar-refractivity contribution in [1.29, 1.82) is 0 Å². The van der Waals surface area contributed by atoms with E-state index in [4.69, 9.17) is 13.9 Å². The minimum Gasteiger partial charge on any atom is -0.493 e. The molecule has 2 aromatic rings. The van der Waals surface area contributed by atoms with Crippen LogP contribution in [-0.4, -0.2) is 18.8 Å². The molecule has 1 aromatic carbocycles. The van der Waals surface area contributed by atoms with Gasteiger partial charge in [0.15, 0.2) is 17.3 Å². The molecule has 0 aliphatic rings. The molecule has 0 bridgehead atoms. The SMILES string of the molecule is CCOc1ccc(C(O)c2coc(=O)o2)cc1OC. The van der Waals surface area contributed by atoms with E-state index in [0.29, 0.717) is 23.7 Å². The van der Waals surface area contributed by atoms with Gasteiger partial charge in [-0.25, -0.2) is 4.79 Å². The Kier molecular flexibility index (Phi) is 3.91. The number of aliphatic hydroxyl groups is 1. The van der Waals surface area contributed by atoms with E-state index in [2.05, 4.69) is 4.42 Å². The number of hydrogen-bond acceptors (Lipinski definition) is 6. The van der Waals surface area contributed by atoms with Crippen molar-refractivity contribution in [2.45, 2.75) is 13.0 Å². The van der Waals surface area contributed by atoms with Gasteiger partial charge in [-0.1, -0.05) is 6.07 Å². The van der Waals surface area contributed by atoms with Crippen LogP contribution < -0.4 is 15.3 Å². The normalized spacial score (nSPS) is 12.2. The quantitative estimate of drug-likeness (QED) is 0.887. The highest BCUT2D eigenvalue weighted by atomic mass is 16.6. The lowest BCUT2D eigenvalue weighted by molar-refractivity contribution is 0.185. The highest BCUT2D eigenvalue weighted by Gasteiger charge is 2.18. The monoisotopic (exact) mass is 266 g/mol. The molecule has 1 unspecified atom stereocenters. The first-order valence-corrected chi connectivity index (χ1v) is 5.73. The molecule has 0 amide bonds. The van der Waals surface area contributed by atoms with Crippen molar-refractivity contribution in [1.82, 2.24) is 0 Å². The first kappa shape index (κ1) is 13.2. The topological polar surface area (TPSA) is 82.0 Å². The van der Waals surface area contributed by atoms with Crippen LogP contribution in [0.2, 0.25) is 0 Å². The second-order valence-electron chi connectivity index (χ2n) is 3.74. The third kappa shape index (κ3) is 2.79. The molecule has 0 saturated carbocycles. The van der Waals surface area contributed by atoms with Gasteiger partial charge in [-0.15, -0.1) is 0 Å². The average Bonchev–Trinajstić information content (AvgIpc) is 2.85. The zero-order valence-corrected chi connectivity index (χ0v) is 10.6. The second-order valence-corrected chi connectivity index (χ2v) is 3.74. The molecule has 0 spiro atoms. The summed E-state index contributed by atoms with van der Waals surface area (Å²) in [5, 5.41) is 10.1. The number of hydrogen-bond donors (Lipinski definition) is 1. The summed E-state index contributed by atoms with van der Waals surface area (Å²) in [5.41, 5.74) is 0.504. The van der Waals surface area contributed by atoms with Crippen LogP contribution in [0.25, 0.3) is 0 Å². The van der Waals surface area contributed by atoms with Crippen LogP contribution in [0.5, 0.6) is 11.5 Å². The fourth-order valence-corrected chi connectivity index (χ4v) is 1.66. The maximum atomic E-state index is 10.8. The van der Waals surface area contributed by atoms with Gasteiger partial charge < -0.3 is 23.4 Å². The number of ether oxygens (including phenoxy) is 2. The maximum Gasteiger partial charge on any atom is 0.518 e. The van der Waals surface area contributed by atoms with Gasteiger partial charge in [-0.2, -0.15) is 0 Å². The van der Waals surface area contributed by atoms with E-state index in [9.17, 15) is 9.90 Å². The zero-order valence-electron chi connectivity index (χ0n) is 10.6. The Balaban J connectivity index is 2.32. The van der Waals surface area contributed by atoms with Crippen molar-refractivity contribution in [3.05, 3.63) is 46.4 Å². The van der Waals surface area contributed by atoms with Gasteiger partial charge >= 0.3 is 5.82 Å². The molecule has 1 N–H and O–H groups in total. The first-order valence-electron chi connectivity index (χ1n) is 5.73. The Morgan fingerprint density at radius 3 is 2.74 bits per heavy atom. The zero-order chi connectivity index (χ0) is 13.8. The van der Waals surface area contributed by atoms with Gasteiger partial charge in [0, 0.05) is 0 Å². The molecule has 0 saturated heterocycles. The summed E-state index contributed by atoms with van der Waals surface area (Å²) in [6, 6.07) is 4.95. The largest absolute Gasteiger partial charge is 0.518 e. The Bertz CT molecular complexity index is 597.